The van der Waals surface area contributed by atoms with Crippen LogP contribution in [0.3, 0.4) is 0 Å². The molecule has 0 aliphatic carbocycles. The molecule has 1 rings (SSSR count). The zero-order valence-corrected chi connectivity index (χ0v) is 12.3. The predicted octanol–water partition coefficient (Wildman–Crippen LogP) is 2.97. The van der Waals surface area contributed by atoms with Gasteiger partial charge in [0.15, 0.2) is 9.84 Å². The highest BCUT2D eigenvalue weighted by Gasteiger charge is 2.21. The molecule has 0 aromatic heterocycles. The number of hydrogen-bond donors (Lipinski definition) is 0. The highest BCUT2D eigenvalue weighted by atomic mass is 79.9. The van der Waals surface area contributed by atoms with E-state index in [1.54, 1.807) is 13.0 Å². The molecule has 1 unspecified atom stereocenters. The Bertz CT molecular complexity index is 551. The maximum atomic E-state index is 12.1. The fraction of sp³-hybridized carbons (Fsp3) is 0.364. The van der Waals surface area contributed by atoms with Gasteiger partial charge in [-0.3, -0.25) is 0 Å². The standard InChI is InChI=1S/C11H11BrClNO2S/c1-8(5-13)7-17(15,16)11-4-10(12)3-2-9(11)6-14/h2-4,8H,5,7H2,1H3. The van der Waals surface area contributed by atoms with Gasteiger partial charge in [-0.1, -0.05) is 22.9 Å². The van der Waals surface area contributed by atoms with Crippen molar-refractivity contribution in [2.75, 3.05) is 11.6 Å². The first-order valence-corrected chi connectivity index (χ1v) is 7.87. The molecule has 0 heterocycles. The highest BCUT2D eigenvalue weighted by molar-refractivity contribution is 9.10. The lowest BCUT2D eigenvalue weighted by Crippen LogP contribution is -2.16. The maximum Gasteiger partial charge on any atom is 0.180 e. The Labute approximate surface area is 114 Å². The van der Waals surface area contributed by atoms with E-state index in [2.05, 4.69) is 15.9 Å². The van der Waals surface area contributed by atoms with Gasteiger partial charge < -0.3 is 0 Å². The lowest BCUT2D eigenvalue weighted by atomic mass is 10.2. The minimum atomic E-state index is -3.47. The molecule has 1 aromatic carbocycles. The highest BCUT2D eigenvalue weighted by Crippen LogP contribution is 2.23. The summed E-state index contributed by atoms with van der Waals surface area (Å²) in [5.41, 5.74) is 0.162. The second-order valence-electron chi connectivity index (χ2n) is 3.79. The van der Waals surface area contributed by atoms with Crippen molar-refractivity contribution in [3.05, 3.63) is 28.2 Å². The lowest BCUT2D eigenvalue weighted by molar-refractivity contribution is 0.583. The second-order valence-corrected chi connectivity index (χ2v) is 7.02. The van der Waals surface area contributed by atoms with Gasteiger partial charge in [-0.25, -0.2) is 8.42 Å². The van der Waals surface area contributed by atoms with Crippen molar-refractivity contribution in [1.29, 1.82) is 5.26 Å². The summed E-state index contributed by atoms with van der Waals surface area (Å²) in [4.78, 5) is 0.0614. The Kier molecular flexibility index (Phi) is 4.99. The van der Waals surface area contributed by atoms with Crippen LogP contribution in [0.1, 0.15) is 12.5 Å². The normalized spacial score (nSPS) is 13.1. The van der Waals surface area contributed by atoms with E-state index in [0.29, 0.717) is 4.47 Å². The second kappa shape index (κ2) is 5.85. The molecule has 0 saturated heterocycles. The predicted molar refractivity (Wildman–Crippen MR) is 70.8 cm³/mol. The molecule has 0 saturated carbocycles. The minimum Gasteiger partial charge on any atom is -0.224 e. The number of nitriles is 1. The van der Waals surface area contributed by atoms with Gasteiger partial charge in [-0.05, 0) is 24.1 Å². The van der Waals surface area contributed by atoms with Crippen molar-refractivity contribution < 1.29 is 8.42 Å². The van der Waals surface area contributed by atoms with Crippen molar-refractivity contribution in [1.82, 2.24) is 0 Å². The molecule has 0 aliphatic rings. The quantitative estimate of drug-likeness (QED) is 0.794. The summed E-state index contributed by atoms with van der Waals surface area (Å²) in [6.45, 7) is 1.76. The molecule has 1 atom stereocenters. The van der Waals surface area contributed by atoms with Gasteiger partial charge in [0.25, 0.3) is 0 Å². The van der Waals surface area contributed by atoms with Crippen LogP contribution in [0.5, 0.6) is 0 Å². The van der Waals surface area contributed by atoms with E-state index in [1.807, 2.05) is 6.07 Å². The molecule has 0 amide bonds. The number of alkyl halides is 1. The van der Waals surface area contributed by atoms with Crippen LogP contribution in [0.15, 0.2) is 27.6 Å². The van der Waals surface area contributed by atoms with Gasteiger partial charge in [0.05, 0.1) is 16.2 Å². The largest absolute Gasteiger partial charge is 0.224 e. The van der Waals surface area contributed by atoms with E-state index in [4.69, 9.17) is 16.9 Å². The molecular weight excluding hydrogens is 326 g/mol. The van der Waals surface area contributed by atoms with E-state index in [0.717, 1.165) is 0 Å². The van der Waals surface area contributed by atoms with E-state index >= 15 is 0 Å². The van der Waals surface area contributed by atoms with Crippen LogP contribution in [0.2, 0.25) is 0 Å². The van der Waals surface area contributed by atoms with Crippen LogP contribution in [0, 0.1) is 17.2 Å². The Morgan fingerprint density at radius 2 is 2.18 bits per heavy atom. The van der Waals surface area contributed by atoms with Crippen LogP contribution in [-0.4, -0.2) is 20.1 Å². The fourth-order valence-electron chi connectivity index (χ4n) is 1.35. The van der Waals surface area contributed by atoms with Crippen LogP contribution in [0.4, 0.5) is 0 Å². The summed E-state index contributed by atoms with van der Waals surface area (Å²) in [5.74, 6) is 0.0729. The maximum absolute atomic E-state index is 12.1. The fourth-order valence-corrected chi connectivity index (χ4v) is 3.91. The third kappa shape index (κ3) is 3.70. The Hall–Kier alpha value is -0.570. The van der Waals surface area contributed by atoms with Crippen LogP contribution in [-0.2, 0) is 9.84 Å². The molecule has 0 bridgehead atoms. The third-order valence-electron chi connectivity index (χ3n) is 2.17. The van der Waals surface area contributed by atoms with Gasteiger partial charge in [-0.15, -0.1) is 11.6 Å². The average Bonchev–Trinajstić information content (AvgIpc) is 2.28. The first-order valence-electron chi connectivity index (χ1n) is 4.89. The topological polar surface area (TPSA) is 57.9 Å². The van der Waals surface area contributed by atoms with Crippen LogP contribution in [0.25, 0.3) is 0 Å². The summed E-state index contributed by atoms with van der Waals surface area (Å²) in [5, 5.41) is 8.91. The Morgan fingerprint density at radius 3 is 2.71 bits per heavy atom. The van der Waals surface area contributed by atoms with Gasteiger partial charge >= 0.3 is 0 Å². The first-order chi connectivity index (χ1) is 7.90. The van der Waals surface area contributed by atoms with Crippen molar-refractivity contribution in [3.63, 3.8) is 0 Å². The zero-order chi connectivity index (χ0) is 13.1. The average molecular weight is 337 g/mol. The molecule has 0 fully saturated rings. The number of halogens is 2. The zero-order valence-electron chi connectivity index (χ0n) is 9.15. The monoisotopic (exact) mass is 335 g/mol. The summed E-state index contributed by atoms with van der Waals surface area (Å²) in [7, 11) is -3.47. The molecule has 0 radical (unpaired) electrons. The number of nitrogens with zero attached hydrogens (tertiary/aromatic N) is 1. The van der Waals surface area contributed by atoms with E-state index in [-0.39, 0.29) is 28.0 Å². The van der Waals surface area contributed by atoms with Crippen molar-refractivity contribution in [3.8, 4) is 6.07 Å². The number of benzene rings is 1. The summed E-state index contributed by atoms with van der Waals surface area (Å²) in [6, 6.07) is 6.47. The first kappa shape index (κ1) is 14.5. The molecular formula is C11H11BrClNO2S. The van der Waals surface area contributed by atoms with Gasteiger partial charge in [0.2, 0.25) is 0 Å². The number of sulfone groups is 1. The Balaban J connectivity index is 3.24. The van der Waals surface area contributed by atoms with Crippen LogP contribution >= 0.6 is 27.5 Å². The van der Waals surface area contributed by atoms with Crippen molar-refractivity contribution in [2.24, 2.45) is 5.92 Å². The number of rotatable bonds is 4. The lowest BCUT2D eigenvalue weighted by Gasteiger charge is -2.10. The summed E-state index contributed by atoms with van der Waals surface area (Å²) >= 11 is 8.81. The summed E-state index contributed by atoms with van der Waals surface area (Å²) < 4.78 is 24.8. The molecule has 92 valence electrons. The van der Waals surface area contributed by atoms with Crippen LogP contribution < -0.4 is 0 Å². The van der Waals surface area contributed by atoms with E-state index in [9.17, 15) is 8.42 Å². The number of hydrogen-bond acceptors (Lipinski definition) is 3. The van der Waals surface area contributed by atoms with Crippen molar-refractivity contribution in [2.45, 2.75) is 11.8 Å². The Morgan fingerprint density at radius 1 is 1.53 bits per heavy atom. The molecule has 17 heavy (non-hydrogen) atoms. The minimum absolute atomic E-state index is 0.0539. The molecule has 3 nitrogen and oxygen atoms in total. The molecule has 0 aliphatic heterocycles. The third-order valence-corrected chi connectivity index (χ3v) is 5.20. The molecule has 0 N–H and O–H groups in total. The SMILES string of the molecule is CC(CCl)CS(=O)(=O)c1cc(Br)ccc1C#N. The summed E-state index contributed by atoms with van der Waals surface area (Å²) in [6.07, 6.45) is 0. The smallest absolute Gasteiger partial charge is 0.180 e. The molecule has 0 spiro atoms. The van der Waals surface area contributed by atoms with Gasteiger partial charge in [-0.2, -0.15) is 5.26 Å². The molecule has 1 aromatic rings. The molecule has 6 heteroatoms. The van der Waals surface area contributed by atoms with E-state index < -0.39 is 9.84 Å². The van der Waals surface area contributed by atoms with Crippen molar-refractivity contribution >= 4 is 37.4 Å². The van der Waals surface area contributed by atoms with Gasteiger partial charge in [0.1, 0.15) is 6.07 Å². The van der Waals surface area contributed by atoms with Gasteiger partial charge in [0, 0.05) is 10.4 Å². The van der Waals surface area contributed by atoms with E-state index in [1.165, 1.54) is 12.1 Å².